The minimum absolute atomic E-state index is 0.183. The van der Waals surface area contributed by atoms with Crippen molar-refractivity contribution in [1.29, 1.82) is 5.26 Å². The number of amides is 2. The van der Waals surface area contributed by atoms with Crippen LogP contribution in [0.4, 0.5) is 4.79 Å². The van der Waals surface area contributed by atoms with Gasteiger partial charge in [0.05, 0.1) is 17.6 Å². The average Bonchev–Trinajstić information content (AvgIpc) is 2.54. The van der Waals surface area contributed by atoms with Crippen molar-refractivity contribution in [3.05, 3.63) is 35.4 Å². The number of hydrogen-bond donors (Lipinski definition) is 2. The first kappa shape index (κ1) is 16.8. The standard InChI is InChI=1S/C17H21N3O3/c1-12-7-15(16(21)22)11-20(10-12)17(23)19-6-5-13-3-2-4-14(8-13)9-18/h2-4,8,12,15H,5-7,10-11H2,1H3,(H,19,23)(H,21,22). The highest BCUT2D eigenvalue weighted by Gasteiger charge is 2.31. The molecular formula is C17H21N3O3. The van der Waals surface area contributed by atoms with Gasteiger partial charge in [-0.05, 0) is 36.5 Å². The SMILES string of the molecule is CC1CC(C(=O)O)CN(C(=O)NCCc2cccc(C#N)c2)C1. The summed E-state index contributed by atoms with van der Waals surface area (Å²) in [4.78, 5) is 24.9. The van der Waals surface area contributed by atoms with Gasteiger partial charge in [0.1, 0.15) is 0 Å². The molecule has 2 atom stereocenters. The van der Waals surface area contributed by atoms with Crippen LogP contribution in [0.15, 0.2) is 24.3 Å². The number of likely N-dealkylation sites (tertiary alicyclic amines) is 1. The number of carboxylic acid groups (broad SMARTS) is 1. The fraction of sp³-hybridized carbons (Fsp3) is 0.471. The highest BCUT2D eigenvalue weighted by atomic mass is 16.4. The Labute approximate surface area is 135 Å². The van der Waals surface area contributed by atoms with Gasteiger partial charge in [0.15, 0.2) is 0 Å². The molecule has 1 saturated heterocycles. The number of carboxylic acids is 1. The molecule has 1 aromatic carbocycles. The van der Waals surface area contributed by atoms with Crippen LogP contribution in [0.25, 0.3) is 0 Å². The van der Waals surface area contributed by atoms with Gasteiger partial charge in [-0.25, -0.2) is 4.79 Å². The zero-order valence-electron chi connectivity index (χ0n) is 13.2. The summed E-state index contributed by atoms with van der Waals surface area (Å²) in [6, 6.07) is 9.14. The van der Waals surface area contributed by atoms with Crippen molar-refractivity contribution in [3.63, 3.8) is 0 Å². The smallest absolute Gasteiger partial charge is 0.317 e. The molecule has 122 valence electrons. The van der Waals surface area contributed by atoms with E-state index in [2.05, 4.69) is 11.4 Å². The first-order chi connectivity index (χ1) is 11.0. The van der Waals surface area contributed by atoms with Gasteiger partial charge in [-0.2, -0.15) is 5.26 Å². The summed E-state index contributed by atoms with van der Waals surface area (Å²) in [5.41, 5.74) is 1.59. The number of aliphatic carboxylic acids is 1. The molecule has 23 heavy (non-hydrogen) atoms. The van der Waals surface area contributed by atoms with Crippen LogP contribution in [-0.2, 0) is 11.2 Å². The van der Waals surface area contributed by atoms with Gasteiger partial charge in [0.25, 0.3) is 0 Å². The summed E-state index contributed by atoms with van der Waals surface area (Å²) in [6.07, 6.45) is 1.24. The fourth-order valence-corrected chi connectivity index (χ4v) is 2.92. The molecule has 2 rings (SSSR count). The molecule has 0 spiro atoms. The highest BCUT2D eigenvalue weighted by molar-refractivity contribution is 5.76. The summed E-state index contributed by atoms with van der Waals surface area (Å²) < 4.78 is 0. The molecule has 0 radical (unpaired) electrons. The topological polar surface area (TPSA) is 93.4 Å². The van der Waals surface area contributed by atoms with E-state index in [9.17, 15) is 9.59 Å². The van der Waals surface area contributed by atoms with Gasteiger partial charge in [-0.15, -0.1) is 0 Å². The Balaban J connectivity index is 1.84. The number of carbonyl (C=O) groups is 2. The maximum absolute atomic E-state index is 12.2. The van der Waals surface area contributed by atoms with Crippen LogP contribution in [0.3, 0.4) is 0 Å². The Bertz CT molecular complexity index is 624. The third-order valence-electron chi connectivity index (χ3n) is 4.04. The monoisotopic (exact) mass is 315 g/mol. The van der Waals surface area contributed by atoms with Crippen molar-refractivity contribution in [1.82, 2.24) is 10.2 Å². The van der Waals surface area contributed by atoms with Crippen molar-refractivity contribution >= 4 is 12.0 Å². The molecule has 1 aliphatic rings. The number of urea groups is 1. The molecule has 0 aromatic heterocycles. The van der Waals surface area contributed by atoms with Gasteiger partial charge < -0.3 is 15.3 Å². The third kappa shape index (κ3) is 4.71. The molecule has 6 heteroatoms. The Morgan fingerprint density at radius 3 is 2.91 bits per heavy atom. The molecule has 2 N–H and O–H groups in total. The van der Waals surface area contributed by atoms with Crippen LogP contribution in [0.2, 0.25) is 0 Å². The number of piperidine rings is 1. The van der Waals surface area contributed by atoms with Crippen molar-refractivity contribution in [3.8, 4) is 6.07 Å². The second-order valence-corrected chi connectivity index (χ2v) is 6.08. The van der Waals surface area contributed by atoms with E-state index >= 15 is 0 Å². The van der Waals surface area contributed by atoms with Gasteiger partial charge in [0, 0.05) is 19.6 Å². The molecule has 0 bridgehead atoms. The van der Waals surface area contributed by atoms with E-state index in [1.165, 1.54) is 0 Å². The maximum atomic E-state index is 12.2. The Morgan fingerprint density at radius 2 is 2.22 bits per heavy atom. The summed E-state index contributed by atoms with van der Waals surface area (Å²) in [6.45, 7) is 3.26. The summed E-state index contributed by atoms with van der Waals surface area (Å²) in [5, 5.41) is 20.8. The second-order valence-electron chi connectivity index (χ2n) is 6.08. The van der Waals surface area contributed by atoms with Gasteiger partial charge in [-0.1, -0.05) is 19.1 Å². The predicted molar refractivity (Wildman–Crippen MR) is 84.7 cm³/mol. The quantitative estimate of drug-likeness (QED) is 0.886. The summed E-state index contributed by atoms with van der Waals surface area (Å²) >= 11 is 0. The zero-order valence-corrected chi connectivity index (χ0v) is 13.2. The van der Waals surface area contributed by atoms with Crippen molar-refractivity contribution in [2.24, 2.45) is 11.8 Å². The number of hydrogen-bond acceptors (Lipinski definition) is 3. The zero-order chi connectivity index (χ0) is 16.8. The molecule has 1 aliphatic heterocycles. The minimum Gasteiger partial charge on any atom is -0.481 e. The fourth-order valence-electron chi connectivity index (χ4n) is 2.92. The van der Waals surface area contributed by atoms with Gasteiger partial charge >= 0.3 is 12.0 Å². The second kappa shape index (κ2) is 7.63. The van der Waals surface area contributed by atoms with E-state index in [-0.39, 0.29) is 18.5 Å². The molecule has 0 aliphatic carbocycles. The van der Waals surface area contributed by atoms with Crippen LogP contribution in [0, 0.1) is 23.2 Å². The lowest BCUT2D eigenvalue weighted by atomic mass is 9.91. The van der Waals surface area contributed by atoms with E-state index in [4.69, 9.17) is 10.4 Å². The van der Waals surface area contributed by atoms with Crippen LogP contribution in [0.5, 0.6) is 0 Å². The normalized spacial score (nSPS) is 20.6. The van der Waals surface area contributed by atoms with Gasteiger partial charge in [-0.3, -0.25) is 4.79 Å². The summed E-state index contributed by atoms with van der Waals surface area (Å²) in [7, 11) is 0. The Hall–Kier alpha value is -2.55. The first-order valence-electron chi connectivity index (χ1n) is 7.74. The predicted octanol–water partition coefficient (Wildman–Crippen LogP) is 1.85. The van der Waals surface area contributed by atoms with E-state index in [1.807, 2.05) is 19.1 Å². The van der Waals surface area contributed by atoms with Crippen molar-refractivity contribution in [2.45, 2.75) is 19.8 Å². The lowest BCUT2D eigenvalue weighted by Crippen LogP contribution is -2.49. The number of nitrogens with one attached hydrogen (secondary N) is 1. The third-order valence-corrected chi connectivity index (χ3v) is 4.04. The molecular weight excluding hydrogens is 294 g/mol. The van der Waals surface area contributed by atoms with Crippen LogP contribution >= 0.6 is 0 Å². The lowest BCUT2D eigenvalue weighted by molar-refractivity contribution is -0.143. The van der Waals surface area contributed by atoms with E-state index in [0.717, 1.165) is 5.56 Å². The lowest BCUT2D eigenvalue weighted by Gasteiger charge is -2.34. The van der Waals surface area contributed by atoms with E-state index in [0.29, 0.717) is 31.5 Å². The first-order valence-corrected chi connectivity index (χ1v) is 7.74. The van der Waals surface area contributed by atoms with Gasteiger partial charge in [0.2, 0.25) is 0 Å². The molecule has 1 aromatic rings. The Kier molecular flexibility index (Phi) is 5.58. The maximum Gasteiger partial charge on any atom is 0.317 e. The van der Waals surface area contributed by atoms with Crippen molar-refractivity contribution in [2.75, 3.05) is 19.6 Å². The number of carbonyl (C=O) groups excluding carboxylic acids is 1. The highest BCUT2D eigenvalue weighted by Crippen LogP contribution is 2.21. The molecule has 6 nitrogen and oxygen atoms in total. The number of nitriles is 1. The van der Waals surface area contributed by atoms with Crippen LogP contribution < -0.4 is 5.32 Å². The molecule has 2 unspecified atom stereocenters. The molecule has 0 saturated carbocycles. The molecule has 1 fully saturated rings. The number of benzene rings is 1. The van der Waals surface area contributed by atoms with E-state index in [1.54, 1.807) is 17.0 Å². The molecule has 1 heterocycles. The number of rotatable bonds is 4. The van der Waals surface area contributed by atoms with Crippen LogP contribution in [-0.4, -0.2) is 41.6 Å². The largest absolute Gasteiger partial charge is 0.481 e. The number of nitrogens with zero attached hydrogens (tertiary/aromatic N) is 2. The van der Waals surface area contributed by atoms with Crippen molar-refractivity contribution < 1.29 is 14.7 Å². The van der Waals surface area contributed by atoms with Crippen LogP contribution in [0.1, 0.15) is 24.5 Å². The van der Waals surface area contributed by atoms with E-state index < -0.39 is 11.9 Å². The minimum atomic E-state index is -0.845. The Morgan fingerprint density at radius 1 is 1.43 bits per heavy atom. The summed E-state index contributed by atoms with van der Waals surface area (Å²) in [5.74, 6) is -1.15. The molecule has 2 amide bonds. The average molecular weight is 315 g/mol.